The number of rotatable bonds is 3. The molecule has 1 aliphatic heterocycles. The zero-order valence-electron chi connectivity index (χ0n) is 12.2. The third-order valence-electron chi connectivity index (χ3n) is 2.89. The minimum atomic E-state index is -0.564. The van der Waals surface area contributed by atoms with Crippen LogP contribution in [0.2, 0.25) is 0 Å². The molecule has 19 heavy (non-hydrogen) atoms. The van der Waals surface area contributed by atoms with Crippen molar-refractivity contribution in [3.05, 3.63) is 34.7 Å². The Balaban J connectivity index is 3.23. The molecular formula is C15H20N2O2. The van der Waals surface area contributed by atoms with Crippen molar-refractivity contribution >= 4 is 5.97 Å². The van der Waals surface area contributed by atoms with Gasteiger partial charge in [0.1, 0.15) is 11.6 Å². The van der Waals surface area contributed by atoms with Crippen molar-refractivity contribution in [1.29, 1.82) is 5.26 Å². The van der Waals surface area contributed by atoms with Gasteiger partial charge >= 0.3 is 5.97 Å². The Morgan fingerprint density at radius 2 is 1.89 bits per heavy atom. The topological polar surface area (TPSA) is 53.3 Å². The van der Waals surface area contributed by atoms with Gasteiger partial charge in [0.15, 0.2) is 0 Å². The Morgan fingerprint density at radius 1 is 1.37 bits per heavy atom. The Hall–Kier alpha value is -2.02. The summed E-state index contributed by atoms with van der Waals surface area (Å²) in [6, 6.07) is 2.27. The van der Waals surface area contributed by atoms with E-state index in [1.807, 2.05) is 32.1 Å². The number of carbonyl (C=O) groups excluding carboxylic acids is 1. The van der Waals surface area contributed by atoms with Crippen molar-refractivity contribution in [1.82, 2.24) is 4.90 Å². The van der Waals surface area contributed by atoms with E-state index in [0.29, 0.717) is 11.6 Å². The molecule has 0 atom stereocenters. The first-order chi connectivity index (χ1) is 8.92. The quantitative estimate of drug-likeness (QED) is 0.445. The van der Waals surface area contributed by atoms with E-state index in [0.717, 1.165) is 11.4 Å². The standard InChI is InChI=1S/C15H20N2O2/c1-6-19-15(18)14(9-16)13-7-11(4)17(10(2)3)12(5)8-13/h7-8,10H,6H2,1-5H3. The maximum absolute atomic E-state index is 11.7. The number of hydrogen-bond donors (Lipinski definition) is 0. The predicted molar refractivity (Wildman–Crippen MR) is 73.8 cm³/mol. The monoisotopic (exact) mass is 260 g/mol. The first kappa shape index (κ1) is 15.0. The Bertz CT molecular complexity index is 483. The summed E-state index contributed by atoms with van der Waals surface area (Å²) in [4.78, 5) is 13.9. The molecule has 0 bridgehead atoms. The smallest absolute Gasteiger partial charge is 0.349 e. The van der Waals surface area contributed by atoms with E-state index < -0.39 is 5.97 Å². The lowest BCUT2D eigenvalue weighted by molar-refractivity contribution is -0.138. The lowest BCUT2D eigenvalue weighted by Gasteiger charge is -2.33. The molecule has 0 amide bonds. The van der Waals surface area contributed by atoms with Gasteiger partial charge in [-0.05, 0) is 46.8 Å². The van der Waals surface area contributed by atoms with Gasteiger partial charge in [0.05, 0.1) is 6.61 Å². The summed E-state index contributed by atoms with van der Waals surface area (Å²) < 4.78 is 4.90. The van der Waals surface area contributed by atoms with Gasteiger partial charge in [0.25, 0.3) is 0 Å². The number of ether oxygens (including phenoxy) is 1. The fourth-order valence-corrected chi connectivity index (χ4v) is 2.30. The van der Waals surface area contributed by atoms with Crippen molar-refractivity contribution < 1.29 is 9.53 Å². The molecule has 1 heterocycles. The Kier molecular flexibility index (Phi) is 4.94. The van der Waals surface area contributed by atoms with E-state index in [9.17, 15) is 4.79 Å². The van der Waals surface area contributed by atoms with Gasteiger partial charge in [-0.15, -0.1) is 0 Å². The molecule has 1 rings (SSSR count). The molecule has 4 nitrogen and oxygen atoms in total. The molecule has 0 saturated carbocycles. The number of hydrogen-bond acceptors (Lipinski definition) is 4. The highest BCUT2D eigenvalue weighted by molar-refractivity contribution is 5.95. The average molecular weight is 260 g/mol. The number of allylic oxidation sites excluding steroid dienone is 5. The number of nitriles is 1. The summed E-state index contributed by atoms with van der Waals surface area (Å²) in [5.74, 6) is -0.564. The van der Waals surface area contributed by atoms with Gasteiger partial charge in [-0.3, -0.25) is 0 Å². The van der Waals surface area contributed by atoms with Gasteiger partial charge < -0.3 is 9.64 Å². The van der Waals surface area contributed by atoms with Gasteiger partial charge in [-0.2, -0.15) is 5.26 Å². The van der Waals surface area contributed by atoms with E-state index in [1.54, 1.807) is 6.92 Å². The normalized spacial score (nSPS) is 14.8. The molecule has 0 aromatic rings. The maximum Gasteiger partial charge on any atom is 0.349 e. The molecule has 0 spiro atoms. The van der Waals surface area contributed by atoms with Crippen LogP contribution in [0.25, 0.3) is 0 Å². The average Bonchev–Trinajstić information content (AvgIpc) is 2.28. The zero-order chi connectivity index (χ0) is 14.6. The van der Waals surface area contributed by atoms with E-state index in [1.165, 1.54) is 0 Å². The summed E-state index contributed by atoms with van der Waals surface area (Å²) in [6.45, 7) is 10.1. The lowest BCUT2D eigenvalue weighted by Crippen LogP contribution is -2.29. The van der Waals surface area contributed by atoms with Crippen LogP contribution in [-0.2, 0) is 9.53 Å². The fourth-order valence-electron chi connectivity index (χ4n) is 2.30. The molecular weight excluding hydrogens is 240 g/mol. The highest BCUT2D eigenvalue weighted by atomic mass is 16.5. The molecule has 1 aliphatic rings. The maximum atomic E-state index is 11.7. The molecule has 0 aromatic carbocycles. The van der Waals surface area contributed by atoms with Crippen molar-refractivity contribution in [2.75, 3.05) is 6.61 Å². The Morgan fingerprint density at radius 3 is 2.26 bits per heavy atom. The fraction of sp³-hybridized carbons (Fsp3) is 0.467. The second kappa shape index (κ2) is 6.24. The van der Waals surface area contributed by atoms with Crippen LogP contribution in [0.15, 0.2) is 34.7 Å². The zero-order valence-corrected chi connectivity index (χ0v) is 12.2. The van der Waals surface area contributed by atoms with Crippen LogP contribution in [-0.4, -0.2) is 23.5 Å². The van der Waals surface area contributed by atoms with E-state index in [4.69, 9.17) is 10.00 Å². The molecule has 0 aromatic heterocycles. The van der Waals surface area contributed by atoms with Gasteiger partial charge in [-0.1, -0.05) is 0 Å². The van der Waals surface area contributed by atoms with Crippen LogP contribution in [0, 0.1) is 11.3 Å². The van der Waals surface area contributed by atoms with Gasteiger partial charge in [0, 0.05) is 23.0 Å². The van der Waals surface area contributed by atoms with Crippen LogP contribution < -0.4 is 0 Å². The van der Waals surface area contributed by atoms with Crippen LogP contribution in [0.3, 0.4) is 0 Å². The van der Waals surface area contributed by atoms with Gasteiger partial charge in [-0.25, -0.2) is 4.79 Å². The van der Waals surface area contributed by atoms with Crippen LogP contribution in [0.1, 0.15) is 34.6 Å². The highest BCUT2D eigenvalue weighted by Gasteiger charge is 2.21. The summed E-state index contributed by atoms with van der Waals surface area (Å²) in [7, 11) is 0. The summed E-state index contributed by atoms with van der Waals surface area (Å²) in [6.07, 6.45) is 3.70. The third-order valence-corrected chi connectivity index (χ3v) is 2.89. The van der Waals surface area contributed by atoms with Crippen molar-refractivity contribution in [3.63, 3.8) is 0 Å². The van der Waals surface area contributed by atoms with E-state index in [2.05, 4.69) is 18.7 Å². The molecule has 0 unspecified atom stereocenters. The summed E-state index contributed by atoms with van der Waals surface area (Å²) in [5.41, 5.74) is 2.71. The first-order valence-electron chi connectivity index (χ1n) is 6.39. The number of esters is 1. The second-order valence-electron chi connectivity index (χ2n) is 4.70. The highest BCUT2D eigenvalue weighted by Crippen LogP contribution is 2.26. The van der Waals surface area contributed by atoms with Crippen LogP contribution in [0.5, 0.6) is 0 Å². The summed E-state index contributed by atoms with van der Waals surface area (Å²) in [5, 5.41) is 9.14. The van der Waals surface area contributed by atoms with E-state index in [-0.39, 0.29) is 12.2 Å². The molecule has 0 aliphatic carbocycles. The summed E-state index contributed by atoms with van der Waals surface area (Å²) >= 11 is 0. The molecule has 0 radical (unpaired) electrons. The minimum Gasteiger partial charge on any atom is -0.462 e. The van der Waals surface area contributed by atoms with E-state index >= 15 is 0 Å². The molecule has 4 heteroatoms. The van der Waals surface area contributed by atoms with Gasteiger partial charge in [0.2, 0.25) is 0 Å². The molecule has 0 saturated heterocycles. The second-order valence-corrected chi connectivity index (χ2v) is 4.70. The first-order valence-corrected chi connectivity index (χ1v) is 6.39. The van der Waals surface area contributed by atoms with Crippen molar-refractivity contribution in [3.8, 4) is 6.07 Å². The molecule has 0 fully saturated rings. The number of nitrogens with zero attached hydrogens (tertiary/aromatic N) is 2. The molecule has 0 N–H and O–H groups in total. The molecule has 102 valence electrons. The predicted octanol–water partition coefficient (Wildman–Crippen LogP) is 2.90. The third kappa shape index (κ3) is 3.25. The van der Waals surface area contributed by atoms with Crippen LogP contribution >= 0.6 is 0 Å². The van der Waals surface area contributed by atoms with Crippen molar-refractivity contribution in [2.45, 2.75) is 40.7 Å². The SMILES string of the molecule is CCOC(=O)C(C#N)=C1C=C(C)N(C(C)C)C(C)=C1. The largest absolute Gasteiger partial charge is 0.462 e. The minimum absolute atomic E-state index is 0.0592. The number of carbonyl (C=O) groups is 1. The lowest BCUT2D eigenvalue weighted by atomic mass is 10.0. The van der Waals surface area contributed by atoms with Crippen LogP contribution in [0.4, 0.5) is 0 Å². The Labute approximate surface area is 114 Å². The van der Waals surface area contributed by atoms with Crippen molar-refractivity contribution in [2.24, 2.45) is 0 Å².